The van der Waals surface area contributed by atoms with E-state index in [1.54, 1.807) is 12.4 Å². The van der Waals surface area contributed by atoms with Gasteiger partial charge in [0.2, 0.25) is 0 Å². The molecule has 3 rings (SSSR count). The molecule has 0 spiro atoms. The number of carbonyl (C=O) groups is 1. The Morgan fingerprint density at radius 1 is 1.00 bits per heavy atom. The van der Waals surface area contributed by atoms with E-state index in [-0.39, 0.29) is 5.78 Å². The molecule has 3 aromatic rings. The van der Waals surface area contributed by atoms with Gasteiger partial charge in [-0.05, 0) is 58.3 Å². The third-order valence-electron chi connectivity index (χ3n) is 3.03. The number of ketones is 1. The van der Waals surface area contributed by atoms with Crippen molar-refractivity contribution in [3.63, 3.8) is 0 Å². The standard InChI is InChI=1S/C16H10INO/c17-13-6-4-11(5-7-13)16(19)15-3-1-2-12-10-18-9-8-14(12)15/h1-10H. The van der Waals surface area contributed by atoms with Gasteiger partial charge in [-0.25, -0.2) is 0 Å². The molecule has 0 atom stereocenters. The molecule has 2 aromatic carbocycles. The van der Waals surface area contributed by atoms with E-state index in [2.05, 4.69) is 27.6 Å². The van der Waals surface area contributed by atoms with Crippen LogP contribution in [-0.2, 0) is 0 Å². The minimum Gasteiger partial charge on any atom is -0.289 e. The maximum absolute atomic E-state index is 12.5. The van der Waals surface area contributed by atoms with Crippen LogP contribution in [0.1, 0.15) is 15.9 Å². The van der Waals surface area contributed by atoms with Crippen molar-refractivity contribution in [1.29, 1.82) is 0 Å². The highest BCUT2D eigenvalue weighted by Gasteiger charge is 2.11. The van der Waals surface area contributed by atoms with Crippen LogP contribution in [0, 0.1) is 3.57 Å². The van der Waals surface area contributed by atoms with E-state index in [1.165, 1.54) is 0 Å². The Labute approximate surface area is 124 Å². The van der Waals surface area contributed by atoms with Crippen LogP contribution in [0.15, 0.2) is 60.9 Å². The zero-order chi connectivity index (χ0) is 13.2. The maximum Gasteiger partial charge on any atom is 0.193 e. The van der Waals surface area contributed by atoms with Gasteiger partial charge in [0.25, 0.3) is 0 Å². The lowest BCUT2D eigenvalue weighted by atomic mass is 9.98. The van der Waals surface area contributed by atoms with E-state index < -0.39 is 0 Å². The number of rotatable bonds is 2. The number of nitrogens with zero attached hydrogens (tertiary/aromatic N) is 1. The van der Waals surface area contributed by atoms with Crippen molar-refractivity contribution in [2.24, 2.45) is 0 Å². The lowest BCUT2D eigenvalue weighted by Crippen LogP contribution is -2.02. The average Bonchev–Trinajstić information content (AvgIpc) is 2.47. The number of fused-ring (bicyclic) bond motifs is 1. The fourth-order valence-electron chi connectivity index (χ4n) is 2.08. The molecule has 1 heterocycles. The lowest BCUT2D eigenvalue weighted by Gasteiger charge is -2.05. The number of halogens is 1. The Morgan fingerprint density at radius 2 is 1.79 bits per heavy atom. The van der Waals surface area contributed by atoms with Gasteiger partial charge in [-0.15, -0.1) is 0 Å². The van der Waals surface area contributed by atoms with E-state index in [1.807, 2.05) is 48.5 Å². The van der Waals surface area contributed by atoms with Gasteiger partial charge in [-0.3, -0.25) is 9.78 Å². The summed E-state index contributed by atoms with van der Waals surface area (Å²) in [6.07, 6.45) is 3.49. The Bertz CT molecular complexity index is 745. The molecule has 0 N–H and O–H groups in total. The Balaban J connectivity index is 2.14. The van der Waals surface area contributed by atoms with Crippen molar-refractivity contribution in [3.8, 4) is 0 Å². The first kappa shape index (κ1) is 12.3. The second-order valence-electron chi connectivity index (χ2n) is 4.24. The smallest absolute Gasteiger partial charge is 0.193 e. The zero-order valence-electron chi connectivity index (χ0n) is 10.0. The number of aromatic nitrogens is 1. The Hall–Kier alpha value is -1.75. The molecule has 0 aliphatic rings. The van der Waals surface area contributed by atoms with Crippen LogP contribution in [0.2, 0.25) is 0 Å². The molecule has 0 saturated carbocycles. The van der Waals surface area contributed by atoms with Crippen molar-refractivity contribution in [3.05, 3.63) is 75.6 Å². The first-order valence-corrected chi connectivity index (χ1v) is 6.96. The topological polar surface area (TPSA) is 30.0 Å². The second-order valence-corrected chi connectivity index (χ2v) is 5.48. The zero-order valence-corrected chi connectivity index (χ0v) is 12.2. The number of hydrogen-bond donors (Lipinski definition) is 0. The molecular weight excluding hydrogens is 349 g/mol. The first-order valence-electron chi connectivity index (χ1n) is 5.89. The summed E-state index contributed by atoms with van der Waals surface area (Å²) in [6, 6.07) is 15.2. The predicted octanol–water partition coefficient (Wildman–Crippen LogP) is 4.07. The fraction of sp³-hybridized carbons (Fsp3) is 0. The lowest BCUT2D eigenvalue weighted by molar-refractivity contribution is 0.104. The molecule has 0 aliphatic carbocycles. The third kappa shape index (κ3) is 2.38. The van der Waals surface area contributed by atoms with Gasteiger partial charge in [-0.1, -0.05) is 18.2 Å². The van der Waals surface area contributed by atoms with Crippen molar-refractivity contribution in [2.75, 3.05) is 0 Å². The molecule has 0 radical (unpaired) electrons. The summed E-state index contributed by atoms with van der Waals surface area (Å²) in [7, 11) is 0. The average molecular weight is 359 g/mol. The number of pyridine rings is 1. The summed E-state index contributed by atoms with van der Waals surface area (Å²) in [6.45, 7) is 0. The van der Waals surface area contributed by atoms with E-state index in [0.29, 0.717) is 5.56 Å². The van der Waals surface area contributed by atoms with E-state index in [4.69, 9.17) is 0 Å². The van der Waals surface area contributed by atoms with Crippen molar-refractivity contribution in [2.45, 2.75) is 0 Å². The summed E-state index contributed by atoms with van der Waals surface area (Å²) in [5.74, 6) is 0.0493. The molecule has 2 nitrogen and oxygen atoms in total. The molecule has 0 bridgehead atoms. The van der Waals surface area contributed by atoms with Crippen LogP contribution < -0.4 is 0 Å². The van der Waals surface area contributed by atoms with Crippen LogP contribution in [-0.4, -0.2) is 10.8 Å². The summed E-state index contributed by atoms with van der Waals surface area (Å²) in [4.78, 5) is 16.6. The SMILES string of the molecule is O=C(c1ccc(I)cc1)c1cccc2cnccc12. The molecule has 0 saturated heterocycles. The molecule has 0 aliphatic heterocycles. The summed E-state index contributed by atoms with van der Waals surface area (Å²) in [5, 5.41) is 1.93. The normalized spacial score (nSPS) is 10.6. The molecule has 0 fully saturated rings. The Morgan fingerprint density at radius 3 is 2.58 bits per heavy atom. The molecule has 0 amide bonds. The van der Waals surface area contributed by atoms with Crippen molar-refractivity contribution >= 4 is 39.1 Å². The van der Waals surface area contributed by atoms with Crippen LogP contribution >= 0.6 is 22.6 Å². The fourth-order valence-corrected chi connectivity index (χ4v) is 2.44. The minimum atomic E-state index is 0.0493. The number of benzene rings is 2. The molecule has 0 unspecified atom stereocenters. The summed E-state index contributed by atoms with van der Waals surface area (Å²) in [5.41, 5.74) is 1.44. The number of hydrogen-bond acceptors (Lipinski definition) is 2. The number of carbonyl (C=O) groups excluding carboxylic acids is 1. The van der Waals surface area contributed by atoms with Gasteiger partial charge in [0, 0.05) is 32.5 Å². The molecule has 3 heteroatoms. The molecule has 1 aromatic heterocycles. The highest BCUT2D eigenvalue weighted by atomic mass is 127. The van der Waals surface area contributed by atoms with Crippen molar-refractivity contribution in [1.82, 2.24) is 4.98 Å². The van der Waals surface area contributed by atoms with E-state index in [9.17, 15) is 4.79 Å². The van der Waals surface area contributed by atoms with Gasteiger partial charge in [0.1, 0.15) is 0 Å². The quantitative estimate of drug-likeness (QED) is 0.510. The van der Waals surface area contributed by atoms with Gasteiger partial charge in [0.05, 0.1) is 0 Å². The van der Waals surface area contributed by atoms with Crippen LogP contribution in [0.3, 0.4) is 0 Å². The third-order valence-corrected chi connectivity index (χ3v) is 3.75. The molecule has 92 valence electrons. The second kappa shape index (κ2) is 5.09. The monoisotopic (exact) mass is 359 g/mol. The predicted molar refractivity (Wildman–Crippen MR) is 84.3 cm³/mol. The highest BCUT2D eigenvalue weighted by Crippen LogP contribution is 2.21. The van der Waals surface area contributed by atoms with E-state index >= 15 is 0 Å². The Kier molecular flexibility index (Phi) is 3.29. The van der Waals surface area contributed by atoms with Crippen LogP contribution in [0.4, 0.5) is 0 Å². The largest absolute Gasteiger partial charge is 0.289 e. The van der Waals surface area contributed by atoms with E-state index in [0.717, 1.165) is 19.9 Å². The highest BCUT2D eigenvalue weighted by molar-refractivity contribution is 14.1. The van der Waals surface area contributed by atoms with Crippen molar-refractivity contribution < 1.29 is 4.79 Å². The molecule has 19 heavy (non-hydrogen) atoms. The van der Waals surface area contributed by atoms with Gasteiger partial charge in [0.15, 0.2) is 5.78 Å². The molecular formula is C16H10INO. The first-order chi connectivity index (χ1) is 9.25. The van der Waals surface area contributed by atoms with Gasteiger partial charge < -0.3 is 0 Å². The van der Waals surface area contributed by atoms with Crippen LogP contribution in [0.5, 0.6) is 0 Å². The van der Waals surface area contributed by atoms with Gasteiger partial charge >= 0.3 is 0 Å². The van der Waals surface area contributed by atoms with Gasteiger partial charge in [-0.2, -0.15) is 0 Å². The minimum absolute atomic E-state index is 0.0493. The summed E-state index contributed by atoms with van der Waals surface area (Å²) >= 11 is 2.23. The summed E-state index contributed by atoms with van der Waals surface area (Å²) < 4.78 is 1.12. The van der Waals surface area contributed by atoms with Crippen LogP contribution in [0.25, 0.3) is 10.8 Å². The maximum atomic E-state index is 12.5.